The largest absolute Gasteiger partial charge is 0.376 e. The minimum Gasteiger partial charge on any atom is -0.376 e. The van der Waals surface area contributed by atoms with Gasteiger partial charge in [-0.3, -0.25) is 4.79 Å². The lowest BCUT2D eigenvalue weighted by Gasteiger charge is -2.32. The van der Waals surface area contributed by atoms with E-state index in [-0.39, 0.29) is 28.9 Å². The molecule has 0 saturated carbocycles. The van der Waals surface area contributed by atoms with Gasteiger partial charge in [-0.2, -0.15) is 0 Å². The third-order valence-electron chi connectivity index (χ3n) is 5.92. The fraction of sp³-hybridized carbons (Fsp3) is 0.500. The van der Waals surface area contributed by atoms with Crippen LogP contribution in [0.1, 0.15) is 68.4 Å². The molecule has 0 spiro atoms. The van der Waals surface area contributed by atoms with Crippen molar-refractivity contribution in [3.63, 3.8) is 0 Å². The highest BCUT2D eigenvalue weighted by Gasteiger charge is 2.25. The molecule has 1 N–H and O–H groups in total. The van der Waals surface area contributed by atoms with Gasteiger partial charge in [-0.05, 0) is 60.1 Å². The van der Waals surface area contributed by atoms with E-state index in [4.69, 9.17) is 4.74 Å². The predicted molar refractivity (Wildman–Crippen MR) is 131 cm³/mol. The fourth-order valence-electron chi connectivity index (χ4n) is 3.89. The highest BCUT2D eigenvalue weighted by Crippen LogP contribution is 2.23. The van der Waals surface area contributed by atoms with Gasteiger partial charge in [0.25, 0.3) is 5.91 Å². The van der Waals surface area contributed by atoms with Crippen LogP contribution in [0.25, 0.3) is 0 Å². The molecule has 0 bridgehead atoms. The minimum atomic E-state index is -3.62. The van der Waals surface area contributed by atoms with Gasteiger partial charge in [-0.25, -0.2) is 13.1 Å². The normalized spacial score (nSPS) is 17.2. The summed E-state index contributed by atoms with van der Waals surface area (Å²) in [6.07, 6.45) is 3.00. The zero-order chi connectivity index (χ0) is 24.1. The van der Waals surface area contributed by atoms with Crippen molar-refractivity contribution in [2.24, 2.45) is 0 Å². The number of carbonyl (C=O) groups excluding carboxylic acids is 1. The number of hydrogen-bond acceptors (Lipinski definition) is 4. The summed E-state index contributed by atoms with van der Waals surface area (Å²) in [6.45, 7) is 10.6. The van der Waals surface area contributed by atoms with Crippen molar-refractivity contribution in [2.75, 3.05) is 19.7 Å². The zero-order valence-corrected chi connectivity index (χ0v) is 21.0. The maximum absolute atomic E-state index is 12.9. The van der Waals surface area contributed by atoms with E-state index in [1.54, 1.807) is 36.4 Å². The zero-order valence-electron chi connectivity index (χ0n) is 20.1. The van der Waals surface area contributed by atoms with Gasteiger partial charge in [0, 0.05) is 31.8 Å². The number of nitrogens with one attached hydrogen (secondary N) is 1. The van der Waals surface area contributed by atoms with Crippen molar-refractivity contribution >= 4 is 15.9 Å². The molecular weight excluding hydrogens is 436 g/mol. The van der Waals surface area contributed by atoms with E-state index < -0.39 is 10.0 Å². The number of amides is 1. The number of carbonyl (C=O) groups is 1. The van der Waals surface area contributed by atoms with Gasteiger partial charge < -0.3 is 9.64 Å². The van der Waals surface area contributed by atoms with E-state index in [0.29, 0.717) is 12.1 Å². The lowest BCUT2D eigenvalue weighted by molar-refractivity contribution is 0.00211. The van der Waals surface area contributed by atoms with E-state index in [1.165, 1.54) is 0 Å². The van der Waals surface area contributed by atoms with Gasteiger partial charge in [0.05, 0.1) is 11.0 Å². The Labute approximate surface area is 198 Å². The molecule has 3 rings (SSSR count). The second-order valence-electron chi connectivity index (χ2n) is 9.68. The van der Waals surface area contributed by atoms with E-state index in [0.717, 1.165) is 43.5 Å². The third-order valence-corrected chi connectivity index (χ3v) is 7.34. The first-order valence-electron chi connectivity index (χ1n) is 11.7. The van der Waals surface area contributed by atoms with Crippen LogP contribution in [0.3, 0.4) is 0 Å². The molecule has 6 nitrogen and oxygen atoms in total. The standard InChI is InChI=1S/C26H36N2O4S/c1-5-17-32-23-7-6-16-28(19-23)25(29)21-10-8-20(9-11-21)18-27-33(30,31)24-14-12-22(13-15-24)26(2,3)4/h8-15,23,27H,5-7,16-19H2,1-4H3. The van der Waals surface area contributed by atoms with E-state index in [2.05, 4.69) is 32.4 Å². The molecule has 1 aliphatic heterocycles. The molecule has 2 aromatic carbocycles. The van der Waals surface area contributed by atoms with Gasteiger partial charge in [-0.1, -0.05) is 52.0 Å². The second-order valence-corrected chi connectivity index (χ2v) is 11.4. The van der Waals surface area contributed by atoms with Crippen LogP contribution < -0.4 is 4.72 Å². The van der Waals surface area contributed by atoms with Crippen LogP contribution in [0.2, 0.25) is 0 Å². The van der Waals surface area contributed by atoms with Crippen LogP contribution in [-0.2, 0) is 26.7 Å². The first-order valence-corrected chi connectivity index (χ1v) is 13.2. The highest BCUT2D eigenvalue weighted by atomic mass is 32.2. The molecule has 33 heavy (non-hydrogen) atoms. The molecule has 0 aromatic heterocycles. The van der Waals surface area contributed by atoms with E-state index in [1.807, 2.05) is 17.0 Å². The second kappa shape index (κ2) is 10.8. The molecule has 180 valence electrons. The molecular formula is C26H36N2O4S. The van der Waals surface area contributed by atoms with Crippen molar-refractivity contribution in [2.45, 2.75) is 69.9 Å². The topological polar surface area (TPSA) is 75.7 Å². The number of piperidine rings is 1. The Bertz CT molecular complexity index is 1030. The number of nitrogens with zero attached hydrogens (tertiary/aromatic N) is 1. The van der Waals surface area contributed by atoms with Crippen LogP contribution in [0.5, 0.6) is 0 Å². The lowest BCUT2D eigenvalue weighted by atomic mass is 9.87. The number of hydrogen-bond donors (Lipinski definition) is 1. The van der Waals surface area contributed by atoms with Gasteiger partial charge in [0.2, 0.25) is 10.0 Å². The molecule has 1 atom stereocenters. The number of likely N-dealkylation sites (tertiary alicyclic amines) is 1. The molecule has 1 fully saturated rings. The monoisotopic (exact) mass is 472 g/mol. The third kappa shape index (κ3) is 6.88. The Morgan fingerprint density at radius 3 is 2.36 bits per heavy atom. The average molecular weight is 473 g/mol. The molecule has 0 radical (unpaired) electrons. The molecule has 0 aliphatic carbocycles. The number of benzene rings is 2. The smallest absolute Gasteiger partial charge is 0.253 e. The molecule has 2 aromatic rings. The molecule has 7 heteroatoms. The Balaban J connectivity index is 1.58. The van der Waals surface area contributed by atoms with Gasteiger partial charge >= 0.3 is 0 Å². The summed E-state index contributed by atoms with van der Waals surface area (Å²) in [5, 5.41) is 0. The molecule has 1 unspecified atom stereocenters. The summed E-state index contributed by atoms with van der Waals surface area (Å²) < 4.78 is 33.8. The molecule has 1 heterocycles. The Kier molecular flexibility index (Phi) is 8.32. The van der Waals surface area contributed by atoms with Crippen LogP contribution in [-0.4, -0.2) is 45.0 Å². The number of sulfonamides is 1. The molecule has 1 aliphatic rings. The summed E-state index contributed by atoms with van der Waals surface area (Å²) in [4.78, 5) is 15.0. The van der Waals surface area contributed by atoms with Crippen molar-refractivity contribution in [1.29, 1.82) is 0 Å². The minimum absolute atomic E-state index is 0.00846. The van der Waals surface area contributed by atoms with Crippen molar-refractivity contribution < 1.29 is 17.9 Å². The van der Waals surface area contributed by atoms with Crippen LogP contribution >= 0.6 is 0 Å². The summed E-state index contributed by atoms with van der Waals surface area (Å²) in [5.74, 6) is -0.00846. The Morgan fingerprint density at radius 1 is 1.09 bits per heavy atom. The van der Waals surface area contributed by atoms with Gasteiger partial charge in [0.15, 0.2) is 0 Å². The molecule has 1 amide bonds. The Morgan fingerprint density at radius 2 is 1.76 bits per heavy atom. The number of rotatable bonds is 8. The molecule has 1 saturated heterocycles. The maximum Gasteiger partial charge on any atom is 0.253 e. The summed E-state index contributed by atoms with van der Waals surface area (Å²) in [6, 6.07) is 14.1. The lowest BCUT2D eigenvalue weighted by Crippen LogP contribution is -2.43. The van der Waals surface area contributed by atoms with Crippen LogP contribution in [0.15, 0.2) is 53.4 Å². The first-order chi connectivity index (χ1) is 15.6. The van der Waals surface area contributed by atoms with Gasteiger partial charge in [0.1, 0.15) is 0 Å². The average Bonchev–Trinajstić information content (AvgIpc) is 2.81. The highest BCUT2D eigenvalue weighted by molar-refractivity contribution is 7.89. The van der Waals surface area contributed by atoms with Crippen LogP contribution in [0, 0.1) is 0 Å². The van der Waals surface area contributed by atoms with Crippen molar-refractivity contribution in [3.05, 3.63) is 65.2 Å². The Hall–Kier alpha value is -2.22. The summed E-state index contributed by atoms with van der Waals surface area (Å²) in [5.41, 5.74) is 2.45. The van der Waals surface area contributed by atoms with Gasteiger partial charge in [-0.15, -0.1) is 0 Å². The predicted octanol–water partition coefficient (Wildman–Crippen LogP) is 4.49. The first kappa shape index (κ1) is 25.4. The van der Waals surface area contributed by atoms with Crippen molar-refractivity contribution in [3.8, 4) is 0 Å². The van der Waals surface area contributed by atoms with E-state index in [9.17, 15) is 13.2 Å². The van der Waals surface area contributed by atoms with Crippen molar-refractivity contribution in [1.82, 2.24) is 9.62 Å². The SMILES string of the molecule is CCCOC1CCCN(C(=O)c2ccc(CNS(=O)(=O)c3ccc(C(C)(C)C)cc3)cc2)C1. The number of ether oxygens (including phenoxy) is 1. The van der Waals surface area contributed by atoms with E-state index >= 15 is 0 Å². The summed E-state index contributed by atoms with van der Waals surface area (Å²) >= 11 is 0. The fourth-order valence-corrected chi connectivity index (χ4v) is 4.90. The maximum atomic E-state index is 12.9. The quantitative estimate of drug-likeness (QED) is 0.614. The summed E-state index contributed by atoms with van der Waals surface area (Å²) in [7, 11) is -3.62. The van der Waals surface area contributed by atoms with Crippen LogP contribution in [0.4, 0.5) is 0 Å².